The zero-order valence-electron chi connectivity index (χ0n) is 83.8. The number of rotatable bonds is 41. The van der Waals surface area contributed by atoms with E-state index in [1.807, 2.05) is 30.3 Å². The second-order valence-corrected chi connectivity index (χ2v) is 40.0. The van der Waals surface area contributed by atoms with Gasteiger partial charge in [-0.3, -0.25) is 57.5 Å². The molecule has 6 heterocycles. The van der Waals surface area contributed by atoms with Crippen LogP contribution in [0.3, 0.4) is 0 Å². The molecule has 4 aliphatic rings. The van der Waals surface area contributed by atoms with E-state index in [2.05, 4.69) is 72.1 Å². The first kappa shape index (κ1) is 117. The summed E-state index contributed by atoms with van der Waals surface area (Å²) in [6, 6.07) is 35.6. The van der Waals surface area contributed by atoms with E-state index in [1.54, 1.807) is 198 Å². The number of hydrogen-bond donors (Lipinski definition) is 12. The van der Waals surface area contributed by atoms with Gasteiger partial charge in [0.05, 0.1) is 38.0 Å². The molecule has 6 aromatic carbocycles. The molecule has 4 atom stereocenters. The summed E-state index contributed by atoms with van der Waals surface area (Å²) in [6.45, 7) is 14.3. The van der Waals surface area contributed by atoms with Gasteiger partial charge in [0, 0.05) is 107 Å². The van der Waals surface area contributed by atoms with Crippen molar-refractivity contribution in [3.05, 3.63) is 222 Å². The van der Waals surface area contributed by atoms with Crippen LogP contribution in [0.1, 0.15) is 195 Å². The summed E-state index contributed by atoms with van der Waals surface area (Å²) < 4.78 is 3.93. The Bertz CT molecular complexity index is 6300. The van der Waals surface area contributed by atoms with Gasteiger partial charge in [0.1, 0.15) is 56.4 Å². The van der Waals surface area contributed by atoms with Crippen molar-refractivity contribution in [3.8, 4) is 11.3 Å². The van der Waals surface area contributed by atoms with Crippen molar-refractivity contribution in [1.82, 2.24) is 70.4 Å². The number of carbonyl (C=O) groups excluding carboxylic acids is 12. The van der Waals surface area contributed by atoms with Crippen LogP contribution in [0, 0.1) is 21.7 Å². The number of carboxylic acid groups (broad SMARTS) is 4. The molecule has 4 fully saturated rings. The highest BCUT2D eigenvalue weighted by molar-refractivity contribution is 7.98. The Kier molecular flexibility index (Phi) is 43.0. The van der Waals surface area contributed by atoms with Crippen LogP contribution < -0.4 is 42.5 Å². The number of aliphatic carboxylic acids is 4. The molecule has 792 valence electrons. The average Bonchev–Trinajstić information content (AvgIpc) is 1.61. The SMILES string of the molecule is CCC(CC)(C(=O)N[C@@H](Cc1ccc(NC(=O)c2c(Cl)cccc2Cl)cc1)C(=O)O)C(=O)N1CCCC1.CCC(CC)(C(=O)N[C@@H](Cc1ccc(NC(=O)c2nc(SC)ncc2Cl)cc1)C(=O)O)C(=O)N1CCCC1.CCC(CC)(C(=O)N[C@@H](Cc1ccc(NC(=O)c2snnc2-c2ccccc2)cc1)C(=O)O)C(=O)N1CCCC1.CSc1ncc(Cl)c(C(=O)Nc2ccc(C[C@H](NC(=O)C3(C(=O)N(C)C)CC3)C(=O)O)cc2)n1. The summed E-state index contributed by atoms with van der Waals surface area (Å²) in [5, 5.41) is 66.0. The molecule has 0 spiro atoms. The number of carboxylic acids is 4. The number of anilines is 4. The van der Waals surface area contributed by atoms with Crippen molar-refractivity contribution in [1.29, 1.82) is 0 Å². The summed E-state index contributed by atoms with van der Waals surface area (Å²) in [5.41, 5.74) is 0.892. The zero-order valence-corrected chi connectivity index (χ0v) is 89.3. The van der Waals surface area contributed by atoms with Crippen LogP contribution >= 0.6 is 81.5 Å². The molecule has 0 bridgehead atoms. The molecular formula is C104H120Cl4N18O20S3. The first-order chi connectivity index (χ1) is 71.1. The Hall–Kier alpha value is -13.6. The summed E-state index contributed by atoms with van der Waals surface area (Å²) in [6.07, 6.45) is 14.2. The molecule has 3 aliphatic heterocycles. The topological polar surface area (TPSA) is 541 Å². The van der Waals surface area contributed by atoms with Gasteiger partial charge >= 0.3 is 23.9 Å². The highest BCUT2D eigenvalue weighted by Crippen LogP contribution is 2.48. The number of likely N-dealkylation sites (tertiary alicyclic amines) is 3. The van der Waals surface area contributed by atoms with Crippen LogP contribution in [0.15, 0.2) is 168 Å². The number of hydrogen-bond acceptors (Lipinski definition) is 25. The molecule has 149 heavy (non-hydrogen) atoms. The second kappa shape index (κ2) is 54.6. The molecule has 0 radical (unpaired) electrons. The lowest BCUT2D eigenvalue weighted by Crippen LogP contribution is -2.55. The van der Waals surface area contributed by atoms with Gasteiger partial charge in [0.25, 0.3) is 23.6 Å². The molecule has 9 aromatic rings. The quantitative estimate of drug-likeness (QED) is 0.00962. The third-order valence-electron chi connectivity index (χ3n) is 26.5. The average molecular weight is 2180 g/mol. The van der Waals surface area contributed by atoms with E-state index in [4.69, 9.17) is 46.4 Å². The summed E-state index contributed by atoms with van der Waals surface area (Å²) >= 11 is 27.9. The van der Waals surface area contributed by atoms with Crippen LogP contribution in [0.4, 0.5) is 22.7 Å². The lowest BCUT2D eigenvalue weighted by molar-refractivity contribution is -0.154. The van der Waals surface area contributed by atoms with Crippen molar-refractivity contribution in [3.63, 3.8) is 0 Å². The number of nitrogens with zero attached hydrogens (tertiary/aromatic N) is 10. The number of carbonyl (C=O) groups is 16. The van der Waals surface area contributed by atoms with Gasteiger partial charge in [-0.25, -0.2) is 39.1 Å². The number of amides is 12. The van der Waals surface area contributed by atoms with E-state index in [9.17, 15) is 97.1 Å². The Morgan fingerprint density at radius 1 is 0.403 bits per heavy atom. The van der Waals surface area contributed by atoms with E-state index in [-0.39, 0.29) is 131 Å². The molecule has 1 aliphatic carbocycles. The molecule has 12 amide bonds. The fourth-order valence-electron chi connectivity index (χ4n) is 17.3. The first-order valence-electron chi connectivity index (χ1n) is 48.4. The number of nitrogens with one attached hydrogen (secondary N) is 8. The van der Waals surface area contributed by atoms with Crippen molar-refractivity contribution in [2.45, 2.75) is 192 Å². The molecular weight excluding hydrogens is 2060 g/mol. The Balaban J connectivity index is 0.000000203. The Labute approximate surface area is 894 Å². The van der Waals surface area contributed by atoms with Gasteiger partial charge in [0.2, 0.25) is 47.3 Å². The van der Waals surface area contributed by atoms with Crippen LogP contribution in [-0.2, 0) is 83.2 Å². The largest absolute Gasteiger partial charge is 0.480 e. The summed E-state index contributed by atoms with van der Waals surface area (Å²) in [7, 11) is 3.12. The van der Waals surface area contributed by atoms with E-state index in [0.29, 0.717) is 118 Å². The van der Waals surface area contributed by atoms with Crippen molar-refractivity contribution >= 4 is 199 Å². The molecule has 13 rings (SSSR count). The lowest BCUT2D eigenvalue weighted by atomic mass is 9.79. The van der Waals surface area contributed by atoms with Crippen LogP contribution in [0.5, 0.6) is 0 Å². The van der Waals surface area contributed by atoms with Crippen molar-refractivity contribution in [2.24, 2.45) is 21.7 Å². The van der Waals surface area contributed by atoms with E-state index < -0.39 is 111 Å². The maximum absolute atomic E-state index is 13.4. The molecule has 0 unspecified atom stereocenters. The van der Waals surface area contributed by atoms with Crippen LogP contribution in [0.25, 0.3) is 11.3 Å². The molecule has 3 aromatic heterocycles. The third kappa shape index (κ3) is 30.0. The Morgan fingerprint density at radius 2 is 0.705 bits per heavy atom. The van der Waals surface area contributed by atoms with Gasteiger partial charge in [-0.2, -0.15) is 0 Å². The molecule has 1 saturated carbocycles. The summed E-state index contributed by atoms with van der Waals surface area (Å²) in [4.78, 5) is 226. The van der Waals surface area contributed by atoms with E-state index in [1.165, 1.54) is 40.8 Å². The molecule has 3 saturated heterocycles. The summed E-state index contributed by atoms with van der Waals surface area (Å²) in [5.74, 6) is -9.95. The maximum atomic E-state index is 13.4. The van der Waals surface area contributed by atoms with Gasteiger partial charge in [-0.1, -0.05) is 201 Å². The predicted molar refractivity (Wildman–Crippen MR) is 567 cm³/mol. The van der Waals surface area contributed by atoms with Gasteiger partial charge < -0.3 is 82.6 Å². The molecule has 38 nitrogen and oxygen atoms in total. The standard InChI is InChI=1S/C29H33N5O5S.C27H31Cl2N3O5.C26H32ClN5O5S.C22H24ClN5O5S/c1-3-29(4-2,28(39)34-16-8-9-17-34)27(38)31-22(26(36)37)18-19-12-14-21(15-13-19)30-25(35)24-23(32-33-40-24)20-10-6-5-7-11-20;1-3-27(4-2,26(37)32-14-5-6-15-32)25(36)31-21(24(34)35)16-17-10-12-18(13-11-17)30-23(33)22-19(28)8-7-9-20(22)29;1-4-26(5-2,24(37)32-12-6-7-13-32)23(36)30-19(22(34)35)14-16-8-10-17(11-9-16)29-21(33)20-18(27)15-28-25(31-20)38-3;1-28(2)20(33)22(8-9-22)19(32)26-15(18(30)31)10-12-4-6-13(7-5-12)25-17(29)16-14(23)11-24-21(27-16)34-3/h5-7,10-15,22H,3-4,8-9,16-18H2,1-2H3,(H,30,35)(H,31,38)(H,36,37);7-13,21H,3-6,14-16H2,1-2H3,(H,30,33)(H,31,36)(H,34,35);8-11,15,19H,4-7,12-14H2,1-3H3,(H,29,33)(H,30,36)(H,34,35);4-7,11,15H,8-10H2,1-3H3,(H,25,29)(H,26,32)(H,30,31)/t22-;21-;19-;15-/m0000/s1. The molecule has 12 N–H and O–H groups in total. The third-order valence-corrected chi connectivity index (χ3v) is 29.6. The maximum Gasteiger partial charge on any atom is 0.326 e. The molecule has 45 heteroatoms. The highest BCUT2D eigenvalue weighted by Gasteiger charge is 2.58. The van der Waals surface area contributed by atoms with Gasteiger partial charge in [-0.05, 0) is 197 Å². The fourth-order valence-corrected chi connectivity index (χ4v) is 19.5. The lowest BCUT2D eigenvalue weighted by Gasteiger charge is -2.34. The van der Waals surface area contributed by atoms with Crippen LogP contribution in [-0.4, -0.2) is 254 Å². The number of benzene rings is 6. The van der Waals surface area contributed by atoms with Crippen molar-refractivity contribution in [2.75, 3.05) is 87.1 Å². The van der Waals surface area contributed by atoms with Crippen LogP contribution in [0.2, 0.25) is 20.1 Å². The van der Waals surface area contributed by atoms with Crippen molar-refractivity contribution < 1.29 is 97.1 Å². The fraction of sp³-hybridized carbons (Fsp3) is 0.404. The smallest absolute Gasteiger partial charge is 0.326 e. The Morgan fingerprint density at radius 3 is 0.993 bits per heavy atom. The second-order valence-electron chi connectivity index (χ2n) is 36.0. The first-order valence-corrected chi connectivity index (χ1v) is 53.2. The normalized spacial score (nSPS) is 14.2. The monoisotopic (exact) mass is 2180 g/mol. The number of halogens is 4. The minimum atomic E-state index is -1.30. The minimum Gasteiger partial charge on any atom is -0.480 e. The van der Waals surface area contributed by atoms with Gasteiger partial charge in [0.15, 0.2) is 21.7 Å². The number of thioether (sulfide) groups is 2. The zero-order chi connectivity index (χ0) is 109. The van der Waals surface area contributed by atoms with Gasteiger partial charge in [-0.15, -0.1) is 5.10 Å². The minimum absolute atomic E-state index is 0.00549. The van der Waals surface area contributed by atoms with E-state index in [0.717, 1.165) is 55.6 Å². The predicted octanol–water partition coefficient (Wildman–Crippen LogP) is 14.5. The van der Waals surface area contributed by atoms with E-state index >= 15 is 0 Å². The highest BCUT2D eigenvalue weighted by atomic mass is 35.5. The number of aromatic nitrogens is 6.